The van der Waals surface area contributed by atoms with Crippen molar-refractivity contribution in [2.45, 2.75) is 19.4 Å². The van der Waals surface area contributed by atoms with Gasteiger partial charge in [0.05, 0.1) is 6.04 Å². The highest BCUT2D eigenvalue weighted by Crippen LogP contribution is 2.28. The fraction of sp³-hybridized carbons (Fsp3) is 0.286. The lowest BCUT2D eigenvalue weighted by molar-refractivity contribution is 0.434. The monoisotopic (exact) mass is 327 g/mol. The molecule has 1 heterocycles. The van der Waals surface area contributed by atoms with E-state index in [1.807, 2.05) is 37.4 Å². The summed E-state index contributed by atoms with van der Waals surface area (Å²) in [7, 11) is 1.91. The second kappa shape index (κ2) is 5.91. The Balaban J connectivity index is 2.38. The number of aryl methyl sites for hydroxylation is 1. The average molecular weight is 329 g/mol. The molecule has 0 saturated heterocycles. The molecule has 1 aromatic carbocycles. The van der Waals surface area contributed by atoms with Gasteiger partial charge >= 0.3 is 0 Å². The number of hydrogen-bond donors (Lipinski definition) is 1. The summed E-state index contributed by atoms with van der Waals surface area (Å²) in [4.78, 5) is 0. The highest BCUT2D eigenvalue weighted by molar-refractivity contribution is 9.10. The molecule has 18 heavy (non-hydrogen) atoms. The van der Waals surface area contributed by atoms with E-state index in [0.717, 1.165) is 28.0 Å². The van der Waals surface area contributed by atoms with E-state index >= 15 is 0 Å². The van der Waals surface area contributed by atoms with Crippen molar-refractivity contribution < 1.29 is 4.42 Å². The zero-order chi connectivity index (χ0) is 13.1. The van der Waals surface area contributed by atoms with Crippen LogP contribution in [0.3, 0.4) is 0 Å². The zero-order valence-electron chi connectivity index (χ0n) is 10.3. The van der Waals surface area contributed by atoms with Crippen molar-refractivity contribution in [1.82, 2.24) is 5.32 Å². The Bertz CT molecular complexity index is 518. The molecule has 1 N–H and O–H groups in total. The Kier molecular flexibility index (Phi) is 4.49. The summed E-state index contributed by atoms with van der Waals surface area (Å²) in [5.41, 5.74) is 1.08. The van der Waals surface area contributed by atoms with Crippen LogP contribution in [0.25, 0.3) is 0 Å². The topological polar surface area (TPSA) is 25.2 Å². The lowest BCUT2D eigenvalue weighted by Gasteiger charge is -2.15. The number of hydrogen-bond acceptors (Lipinski definition) is 2. The van der Waals surface area contributed by atoms with Crippen LogP contribution in [0.1, 0.15) is 30.0 Å². The van der Waals surface area contributed by atoms with Crippen molar-refractivity contribution in [3.63, 3.8) is 0 Å². The maximum atomic E-state index is 6.08. The zero-order valence-corrected chi connectivity index (χ0v) is 12.7. The molecular weight excluding hydrogens is 314 g/mol. The first-order valence-corrected chi connectivity index (χ1v) is 7.03. The van der Waals surface area contributed by atoms with Crippen LogP contribution in [0.15, 0.2) is 39.2 Å². The third-order valence-electron chi connectivity index (χ3n) is 2.82. The summed E-state index contributed by atoms with van der Waals surface area (Å²) < 4.78 is 6.76. The molecule has 1 atom stereocenters. The van der Waals surface area contributed by atoms with Crippen LogP contribution < -0.4 is 5.32 Å². The number of halogens is 2. The van der Waals surface area contributed by atoms with E-state index in [1.165, 1.54) is 0 Å². The minimum absolute atomic E-state index is 0.0142. The van der Waals surface area contributed by atoms with Crippen LogP contribution in [0, 0.1) is 0 Å². The standard InChI is InChI=1S/C14H15BrClNO/c1-3-12-4-5-13(18-12)14(17-2)9-6-10(15)8-11(16)7-9/h4-8,14,17H,3H2,1-2H3. The van der Waals surface area contributed by atoms with Crippen molar-refractivity contribution >= 4 is 27.5 Å². The van der Waals surface area contributed by atoms with Gasteiger partial charge in [-0.05, 0) is 42.9 Å². The molecule has 1 unspecified atom stereocenters. The lowest BCUT2D eigenvalue weighted by atomic mass is 10.1. The Morgan fingerprint density at radius 3 is 2.67 bits per heavy atom. The molecule has 0 radical (unpaired) electrons. The smallest absolute Gasteiger partial charge is 0.125 e. The second-order valence-electron chi connectivity index (χ2n) is 4.08. The molecule has 0 spiro atoms. The van der Waals surface area contributed by atoms with Gasteiger partial charge in [-0.1, -0.05) is 34.5 Å². The van der Waals surface area contributed by atoms with Crippen LogP contribution in [0.2, 0.25) is 5.02 Å². The summed E-state index contributed by atoms with van der Waals surface area (Å²) in [6, 6.07) is 9.90. The van der Waals surface area contributed by atoms with Crippen molar-refractivity contribution in [2.24, 2.45) is 0 Å². The Morgan fingerprint density at radius 2 is 2.11 bits per heavy atom. The first-order chi connectivity index (χ1) is 8.63. The van der Waals surface area contributed by atoms with Gasteiger partial charge in [0.2, 0.25) is 0 Å². The van der Waals surface area contributed by atoms with Crippen LogP contribution in [-0.4, -0.2) is 7.05 Å². The van der Waals surface area contributed by atoms with Crippen molar-refractivity contribution in [3.8, 4) is 0 Å². The lowest BCUT2D eigenvalue weighted by Crippen LogP contribution is -2.17. The molecule has 1 aromatic heterocycles. The van der Waals surface area contributed by atoms with Crippen LogP contribution in [0.5, 0.6) is 0 Å². The number of benzene rings is 1. The summed E-state index contributed by atoms with van der Waals surface area (Å²) in [5, 5.41) is 3.96. The van der Waals surface area contributed by atoms with E-state index in [0.29, 0.717) is 5.02 Å². The van der Waals surface area contributed by atoms with Crippen LogP contribution >= 0.6 is 27.5 Å². The second-order valence-corrected chi connectivity index (χ2v) is 5.43. The van der Waals surface area contributed by atoms with Gasteiger partial charge in [0.1, 0.15) is 11.5 Å². The molecule has 96 valence electrons. The van der Waals surface area contributed by atoms with Gasteiger partial charge in [-0.3, -0.25) is 0 Å². The fourth-order valence-corrected chi connectivity index (χ4v) is 2.84. The first-order valence-electron chi connectivity index (χ1n) is 5.86. The SMILES string of the molecule is CCc1ccc(C(NC)c2cc(Cl)cc(Br)c2)o1. The van der Waals surface area contributed by atoms with E-state index in [-0.39, 0.29) is 6.04 Å². The van der Waals surface area contributed by atoms with Crippen molar-refractivity contribution in [2.75, 3.05) is 7.05 Å². The average Bonchev–Trinajstić information content (AvgIpc) is 2.77. The molecule has 0 fully saturated rings. The molecule has 0 bridgehead atoms. The third-order valence-corrected chi connectivity index (χ3v) is 3.50. The van der Waals surface area contributed by atoms with Gasteiger partial charge in [-0.2, -0.15) is 0 Å². The van der Waals surface area contributed by atoms with E-state index in [2.05, 4.69) is 28.2 Å². The predicted octanol–water partition coefficient (Wildman–Crippen LogP) is 4.57. The molecule has 2 rings (SSSR count). The molecule has 0 saturated carbocycles. The maximum Gasteiger partial charge on any atom is 0.125 e. The van der Waals surface area contributed by atoms with Crippen molar-refractivity contribution in [3.05, 3.63) is 56.9 Å². The summed E-state index contributed by atoms with van der Waals surface area (Å²) in [6.45, 7) is 2.08. The summed E-state index contributed by atoms with van der Waals surface area (Å²) in [6.07, 6.45) is 0.898. The fourth-order valence-electron chi connectivity index (χ4n) is 1.95. The maximum absolute atomic E-state index is 6.08. The van der Waals surface area contributed by atoms with Gasteiger partial charge in [-0.25, -0.2) is 0 Å². The van der Waals surface area contributed by atoms with Gasteiger partial charge < -0.3 is 9.73 Å². The van der Waals surface area contributed by atoms with E-state index in [1.54, 1.807) is 0 Å². The molecule has 0 aliphatic heterocycles. The summed E-state index contributed by atoms with van der Waals surface area (Å²) in [5.74, 6) is 1.90. The highest BCUT2D eigenvalue weighted by atomic mass is 79.9. The molecular formula is C14H15BrClNO. The molecule has 0 aliphatic carbocycles. The number of nitrogens with one attached hydrogen (secondary N) is 1. The number of rotatable bonds is 4. The predicted molar refractivity (Wildman–Crippen MR) is 78.1 cm³/mol. The van der Waals surface area contributed by atoms with Gasteiger partial charge in [-0.15, -0.1) is 0 Å². The Morgan fingerprint density at radius 1 is 1.33 bits per heavy atom. The van der Waals surface area contributed by atoms with Gasteiger partial charge in [0.25, 0.3) is 0 Å². The van der Waals surface area contributed by atoms with Crippen molar-refractivity contribution in [1.29, 1.82) is 0 Å². The number of furan rings is 1. The van der Waals surface area contributed by atoms with E-state index < -0.39 is 0 Å². The Hall–Kier alpha value is -0.770. The largest absolute Gasteiger partial charge is 0.464 e. The molecule has 2 aromatic rings. The molecule has 0 amide bonds. The van der Waals surface area contributed by atoms with Crippen LogP contribution in [-0.2, 0) is 6.42 Å². The third kappa shape index (κ3) is 2.97. The quantitative estimate of drug-likeness (QED) is 0.889. The highest BCUT2D eigenvalue weighted by Gasteiger charge is 2.16. The van der Waals surface area contributed by atoms with E-state index in [4.69, 9.17) is 16.0 Å². The Labute approximate surface area is 120 Å². The minimum atomic E-state index is 0.0142. The molecule has 2 nitrogen and oxygen atoms in total. The first kappa shape index (κ1) is 13.7. The molecule has 4 heteroatoms. The van der Waals surface area contributed by atoms with E-state index in [9.17, 15) is 0 Å². The van der Waals surface area contributed by atoms with Gasteiger partial charge in [0.15, 0.2) is 0 Å². The van der Waals surface area contributed by atoms with Gasteiger partial charge in [0, 0.05) is 15.9 Å². The minimum Gasteiger partial charge on any atom is -0.464 e. The normalized spacial score (nSPS) is 12.7. The van der Waals surface area contributed by atoms with Crippen LogP contribution in [0.4, 0.5) is 0 Å². The summed E-state index contributed by atoms with van der Waals surface area (Å²) >= 11 is 9.54. The molecule has 0 aliphatic rings.